The first-order chi connectivity index (χ1) is 11.8. The minimum atomic E-state index is -0.339. The van der Waals surface area contributed by atoms with E-state index in [-0.39, 0.29) is 50.0 Å². The van der Waals surface area contributed by atoms with Gasteiger partial charge in [0.25, 0.3) is 5.91 Å². The van der Waals surface area contributed by atoms with Gasteiger partial charge in [0.1, 0.15) is 12.3 Å². The predicted molar refractivity (Wildman–Crippen MR) is 88.2 cm³/mol. The Hall–Kier alpha value is -1.78. The molecule has 0 spiro atoms. The van der Waals surface area contributed by atoms with E-state index in [4.69, 9.17) is 9.57 Å². The van der Waals surface area contributed by atoms with Crippen LogP contribution in [0.2, 0.25) is 0 Å². The SMILES string of the molecule is COc1ccc(CONC(=O)Cn2nnnc2-c2cccs2)cc1.[H-].[Na+]. The van der Waals surface area contributed by atoms with Crippen LogP contribution >= 0.6 is 11.3 Å². The Morgan fingerprint density at radius 1 is 1.32 bits per heavy atom. The average molecular weight is 369 g/mol. The van der Waals surface area contributed by atoms with Crippen LogP contribution < -0.4 is 39.8 Å². The first-order valence-corrected chi connectivity index (χ1v) is 7.98. The summed E-state index contributed by atoms with van der Waals surface area (Å²) in [7, 11) is 1.61. The van der Waals surface area contributed by atoms with Crippen LogP contribution in [0.4, 0.5) is 0 Å². The molecule has 0 radical (unpaired) electrons. The predicted octanol–water partition coefficient (Wildman–Crippen LogP) is -1.23. The fourth-order valence-corrected chi connectivity index (χ4v) is 2.70. The van der Waals surface area contributed by atoms with Gasteiger partial charge >= 0.3 is 29.6 Å². The van der Waals surface area contributed by atoms with E-state index in [9.17, 15) is 4.79 Å². The molecule has 25 heavy (non-hydrogen) atoms. The number of nitrogens with zero attached hydrogens (tertiary/aromatic N) is 4. The number of methoxy groups -OCH3 is 1. The van der Waals surface area contributed by atoms with E-state index in [1.54, 1.807) is 7.11 Å². The molecule has 1 aromatic carbocycles. The van der Waals surface area contributed by atoms with Crippen LogP contribution in [0.1, 0.15) is 6.99 Å². The smallest absolute Gasteiger partial charge is 1.00 e. The van der Waals surface area contributed by atoms with Crippen LogP contribution in [0, 0.1) is 0 Å². The Morgan fingerprint density at radius 2 is 2.12 bits per heavy atom. The monoisotopic (exact) mass is 369 g/mol. The normalized spacial score (nSPS) is 10.1. The molecule has 0 fully saturated rings. The summed E-state index contributed by atoms with van der Waals surface area (Å²) in [5, 5.41) is 13.3. The van der Waals surface area contributed by atoms with Crippen molar-refractivity contribution in [2.75, 3.05) is 7.11 Å². The Morgan fingerprint density at radius 3 is 2.80 bits per heavy atom. The molecule has 0 saturated carbocycles. The molecule has 8 nitrogen and oxygen atoms in total. The van der Waals surface area contributed by atoms with Crippen LogP contribution in [-0.2, 0) is 22.8 Å². The Kier molecular flexibility index (Phi) is 7.53. The molecule has 1 N–H and O–H groups in total. The number of aromatic nitrogens is 4. The van der Waals surface area contributed by atoms with Gasteiger partial charge in [-0.3, -0.25) is 9.63 Å². The second-order valence-electron chi connectivity index (χ2n) is 4.80. The van der Waals surface area contributed by atoms with Gasteiger partial charge in [-0.15, -0.1) is 16.4 Å². The van der Waals surface area contributed by atoms with Crippen LogP contribution in [0.25, 0.3) is 10.7 Å². The second-order valence-corrected chi connectivity index (χ2v) is 5.75. The third kappa shape index (κ3) is 5.35. The zero-order chi connectivity index (χ0) is 16.8. The van der Waals surface area contributed by atoms with Gasteiger partial charge in [-0.2, -0.15) is 0 Å². The van der Waals surface area contributed by atoms with Crippen molar-refractivity contribution in [1.29, 1.82) is 0 Å². The Labute approximate surface area is 171 Å². The van der Waals surface area contributed by atoms with Crippen molar-refractivity contribution in [3.05, 3.63) is 47.3 Å². The summed E-state index contributed by atoms with van der Waals surface area (Å²) in [4.78, 5) is 18.1. The summed E-state index contributed by atoms with van der Waals surface area (Å²) < 4.78 is 6.51. The first kappa shape index (κ1) is 19.5. The van der Waals surface area contributed by atoms with Gasteiger partial charge in [0, 0.05) is 0 Å². The van der Waals surface area contributed by atoms with Crippen molar-refractivity contribution in [3.8, 4) is 16.5 Å². The van der Waals surface area contributed by atoms with E-state index >= 15 is 0 Å². The van der Waals surface area contributed by atoms with Gasteiger partial charge < -0.3 is 6.16 Å². The number of hydrogen-bond acceptors (Lipinski definition) is 7. The molecular formula is C15H16N5NaO3S. The van der Waals surface area contributed by atoms with Gasteiger partial charge in [-0.1, -0.05) is 18.2 Å². The number of ether oxygens (including phenoxy) is 1. The van der Waals surface area contributed by atoms with Crippen molar-refractivity contribution < 1.29 is 45.4 Å². The molecule has 0 unspecified atom stereocenters. The van der Waals surface area contributed by atoms with Gasteiger partial charge in [-0.05, 0) is 39.6 Å². The van der Waals surface area contributed by atoms with Crippen LogP contribution in [-0.4, -0.2) is 33.2 Å². The maximum atomic E-state index is 12.0. The summed E-state index contributed by atoms with van der Waals surface area (Å²) in [5.74, 6) is 0.978. The van der Waals surface area contributed by atoms with E-state index in [0.29, 0.717) is 5.82 Å². The number of hydroxylamine groups is 1. The molecule has 3 rings (SSSR count). The zero-order valence-corrected chi connectivity index (χ0v) is 16.7. The van der Waals surface area contributed by atoms with Crippen LogP contribution in [0.15, 0.2) is 41.8 Å². The van der Waals surface area contributed by atoms with Gasteiger partial charge in [-0.25, -0.2) is 10.2 Å². The minimum absolute atomic E-state index is 0. The van der Waals surface area contributed by atoms with Gasteiger partial charge in [0.15, 0.2) is 5.82 Å². The van der Waals surface area contributed by atoms with E-state index in [2.05, 4.69) is 21.0 Å². The van der Waals surface area contributed by atoms with E-state index in [0.717, 1.165) is 16.2 Å². The summed E-state index contributed by atoms with van der Waals surface area (Å²) in [6.07, 6.45) is 0. The quantitative estimate of drug-likeness (QED) is 0.415. The van der Waals surface area contributed by atoms with Crippen molar-refractivity contribution in [2.45, 2.75) is 13.2 Å². The molecule has 126 valence electrons. The van der Waals surface area contributed by atoms with Crippen molar-refractivity contribution in [1.82, 2.24) is 25.7 Å². The Bertz CT molecular complexity index is 798. The molecular weight excluding hydrogens is 353 g/mol. The third-order valence-corrected chi connectivity index (χ3v) is 4.02. The fourth-order valence-electron chi connectivity index (χ4n) is 1.98. The number of amides is 1. The number of tetrazole rings is 1. The van der Waals surface area contributed by atoms with Crippen LogP contribution in [0.3, 0.4) is 0 Å². The van der Waals surface area contributed by atoms with Crippen LogP contribution in [0.5, 0.6) is 5.75 Å². The molecule has 0 atom stereocenters. The zero-order valence-electron chi connectivity index (χ0n) is 14.9. The number of carbonyl (C=O) groups is 1. The molecule has 10 heteroatoms. The molecule has 0 saturated heterocycles. The van der Waals surface area contributed by atoms with E-state index < -0.39 is 0 Å². The third-order valence-electron chi connectivity index (χ3n) is 3.15. The first-order valence-electron chi connectivity index (χ1n) is 7.10. The second kappa shape index (κ2) is 9.64. The van der Waals surface area contributed by atoms with E-state index in [1.165, 1.54) is 16.0 Å². The summed E-state index contributed by atoms with van der Waals surface area (Å²) in [5.41, 5.74) is 3.30. The number of carbonyl (C=O) groups excluding carboxylic acids is 1. The number of rotatable bonds is 7. The fraction of sp³-hybridized carbons (Fsp3) is 0.200. The van der Waals surface area contributed by atoms with Crippen molar-refractivity contribution in [2.24, 2.45) is 0 Å². The number of hydrogen-bond donors (Lipinski definition) is 1. The summed E-state index contributed by atoms with van der Waals surface area (Å²) >= 11 is 1.50. The maximum absolute atomic E-state index is 12.0. The number of benzene rings is 1. The minimum Gasteiger partial charge on any atom is -1.00 e. The molecule has 2 aromatic heterocycles. The molecule has 1 amide bonds. The topological polar surface area (TPSA) is 91.2 Å². The van der Waals surface area contributed by atoms with Gasteiger partial charge in [0.2, 0.25) is 0 Å². The van der Waals surface area contributed by atoms with E-state index in [1.807, 2.05) is 41.8 Å². The summed E-state index contributed by atoms with van der Waals surface area (Å²) in [6, 6.07) is 11.2. The van der Waals surface area contributed by atoms with Gasteiger partial charge in [0.05, 0.1) is 18.6 Å². The largest absolute Gasteiger partial charge is 1.00 e. The molecule has 0 bridgehead atoms. The van der Waals surface area contributed by atoms with Crippen molar-refractivity contribution in [3.63, 3.8) is 0 Å². The molecule has 0 aliphatic rings. The average Bonchev–Trinajstić information content (AvgIpc) is 3.26. The standard InChI is InChI=1S/C15H15N5O3S.Na.H/c1-22-12-6-4-11(5-7-12)10-23-17-14(21)9-20-15(16-18-19-20)13-3-2-8-24-13;;/h2-8H,9-10H2,1H3,(H,17,21);;/q;+1;-1. The molecule has 3 aromatic rings. The number of nitrogens with one attached hydrogen (secondary N) is 1. The Balaban J connectivity index is 0.00000169. The molecule has 2 heterocycles. The maximum Gasteiger partial charge on any atom is 1.00 e. The van der Waals surface area contributed by atoms with Crippen molar-refractivity contribution >= 4 is 17.2 Å². The molecule has 0 aliphatic heterocycles. The molecule has 0 aliphatic carbocycles. The summed E-state index contributed by atoms with van der Waals surface area (Å²) in [6.45, 7) is 0.228. The number of thiophene rings is 1.